The first-order valence-electron chi connectivity index (χ1n) is 3.29. The number of hydrogen-bond acceptors (Lipinski definition) is 2. The third-order valence-corrected chi connectivity index (χ3v) is 1.25. The number of aromatic nitrogens is 2. The Kier molecular flexibility index (Phi) is 2.71. The van der Waals surface area contributed by atoms with E-state index >= 15 is 0 Å². The predicted molar refractivity (Wildman–Crippen MR) is 41.4 cm³/mol. The molecule has 1 rings (SSSR count). The lowest BCUT2D eigenvalue weighted by Gasteiger charge is -1.98. The van der Waals surface area contributed by atoms with Gasteiger partial charge in [-0.15, -0.1) is 0 Å². The Morgan fingerprint density at radius 1 is 1.82 bits per heavy atom. The summed E-state index contributed by atoms with van der Waals surface area (Å²) in [5, 5.41) is 2.47. The van der Waals surface area contributed by atoms with E-state index in [9.17, 15) is 4.79 Å². The summed E-state index contributed by atoms with van der Waals surface area (Å²) in [5.41, 5.74) is 0.985. The molecule has 11 heavy (non-hydrogen) atoms. The van der Waals surface area contributed by atoms with E-state index in [1.165, 1.54) is 0 Å². The van der Waals surface area contributed by atoms with Crippen molar-refractivity contribution in [3.8, 4) is 0 Å². The Morgan fingerprint density at radius 2 is 2.64 bits per heavy atom. The number of carbonyl (C=O) groups excluding carboxylic acids is 1. The van der Waals surface area contributed by atoms with Crippen LogP contribution in [0.25, 0.3) is 0 Å². The lowest BCUT2D eigenvalue weighted by atomic mass is 10.1. The molecule has 0 saturated carbocycles. The van der Waals surface area contributed by atoms with Crippen molar-refractivity contribution in [1.29, 1.82) is 0 Å². The molecule has 0 saturated heterocycles. The zero-order valence-corrected chi connectivity index (χ0v) is 6.00. The molecule has 1 amide bonds. The lowest BCUT2D eigenvalue weighted by Crippen LogP contribution is -2.23. The average molecular weight is 149 g/mol. The van der Waals surface area contributed by atoms with Crippen molar-refractivity contribution in [2.24, 2.45) is 0 Å². The van der Waals surface area contributed by atoms with Gasteiger partial charge in [-0.1, -0.05) is 0 Å². The molecule has 0 aromatic carbocycles. The minimum absolute atomic E-state index is 0.496. The minimum Gasteiger partial charge on any atom is -0.366 e. The van der Waals surface area contributed by atoms with Gasteiger partial charge in [-0.25, -0.2) is 4.98 Å². The van der Waals surface area contributed by atoms with E-state index in [-0.39, 0.29) is 0 Å². The molecule has 0 aliphatic heterocycles. The van der Waals surface area contributed by atoms with Crippen molar-refractivity contribution < 1.29 is 4.79 Å². The molecule has 0 aliphatic carbocycles. The summed E-state index contributed by atoms with van der Waals surface area (Å²) in [7, 11) is 4.86. The van der Waals surface area contributed by atoms with Gasteiger partial charge in [-0.2, -0.15) is 0 Å². The quantitative estimate of drug-likeness (QED) is 0.586. The zero-order valence-electron chi connectivity index (χ0n) is 6.00. The van der Waals surface area contributed by atoms with Gasteiger partial charge >= 0.3 is 0 Å². The minimum atomic E-state index is -0.496. The van der Waals surface area contributed by atoms with Crippen LogP contribution >= 0.6 is 0 Å². The summed E-state index contributed by atoms with van der Waals surface area (Å²) in [6, 6.07) is 0. The van der Waals surface area contributed by atoms with Gasteiger partial charge in [-0.05, 0) is 0 Å². The Morgan fingerprint density at radius 3 is 3.18 bits per heavy atom. The molecule has 0 spiro atoms. The van der Waals surface area contributed by atoms with Crippen LogP contribution in [0.1, 0.15) is 5.69 Å². The molecule has 1 aromatic rings. The molecule has 0 atom stereocenters. The normalized spacial score (nSPS) is 9.45. The Balaban J connectivity index is 2.19. The van der Waals surface area contributed by atoms with Gasteiger partial charge in [0.2, 0.25) is 0 Å². The predicted octanol–water partition coefficient (Wildman–Crippen LogP) is -0.170. The summed E-state index contributed by atoms with van der Waals surface area (Å²) >= 11 is 0. The van der Waals surface area contributed by atoms with Crippen LogP contribution in [0.2, 0.25) is 0 Å². The largest absolute Gasteiger partial charge is 0.366 e. The fraction of sp³-hybridized carbons (Fsp3) is 0.333. The first kappa shape index (κ1) is 7.85. The highest BCUT2D eigenvalue weighted by atomic mass is 16.1. The third kappa shape index (κ3) is 2.88. The number of nitrogens with one attached hydrogen (secondary N) is 2. The molecule has 2 radical (unpaired) electrons. The Labute approximate surface area is 65.8 Å². The number of imidazole rings is 1. The van der Waals surface area contributed by atoms with E-state index in [1.54, 1.807) is 12.5 Å². The number of aromatic amines is 1. The summed E-state index contributed by atoms with van der Waals surface area (Å²) in [6.07, 6.45) is 4.03. The van der Waals surface area contributed by atoms with Crippen molar-refractivity contribution in [3.63, 3.8) is 0 Å². The van der Waals surface area contributed by atoms with Crippen LogP contribution in [-0.2, 0) is 6.42 Å². The fourth-order valence-electron chi connectivity index (χ4n) is 0.742. The van der Waals surface area contributed by atoms with Crippen molar-refractivity contribution in [1.82, 2.24) is 15.3 Å². The van der Waals surface area contributed by atoms with E-state index in [2.05, 4.69) is 15.3 Å². The third-order valence-electron chi connectivity index (χ3n) is 1.25. The van der Waals surface area contributed by atoms with Crippen LogP contribution in [-0.4, -0.2) is 30.2 Å². The highest BCUT2D eigenvalue weighted by Gasteiger charge is 1.93. The Hall–Kier alpha value is -1.26. The number of carbonyl (C=O) groups is 1. The standard InChI is InChI=1S/C6H8BN3O/c7-6(11)9-2-1-5-3-8-4-10-5/h3-4H,1-2H2,(H,8,10)(H,9,11). The summed E-state index contributed by atoms with van der Waals surface area (Å²) in [4.78, 5) is 16.9. The summed E-state index contributed by atoms with van der Waals surface area (Å²) in [6.45, 7) is 0.539. The number of rotatable bonds is 3. The van der Waals surface area contributed by atoms with Crippen molar-refractivity contribution in [2.45, 2.75) is 6.42 Å². The molecule has 1 aromatic heterocycles. The van der Waals surface area contributed by atoms with Gasteiger partial charge in [0.05, 0.1) is 6.33 Å². The SMILES string of the molecule is [B]C(=O)NCCc1cnc[nH]1. The molecular weight excluding hydrogens is 141 g/mol. The molecule has 1 heterocycles. The van der Waals surface area contributed by atoms with E-state index < -0.39 is 5.81 Å². The molecule has 2 N–H and O–H groups in total. The maximum atomic E-state index is 10.2. The number of hydrogen-bond donors (Lipinski definition) is 2. The number of nitrogens with zero attached hydrogens (tertiary/aromatic N) is 1. The van der Waals surface area contributed by atoms with E-state index in [0.717, 1.165) is 12.1 Å². The van der Waals surface area contributed by atoms with Gasteiger partial charge in [0.25, 0.3) is 0 Å². The van der Waals surface area contributed by atoms with Crippen LogP contribution in [0.5, 0.6) is 0 Å². The first-order valence-corrected chi connectivity index (χ1v) is 3.29. The van der Waals surface area contributed by atoms with Crippen molar-refractivity contribution >= 4 is 13.7 Å². The van der Waals surface area contributed by atoms with Crippen molar-refractivity contribution in [3.05, 3.63) is 18.2 Å². The monoisotopic (exact) mass is 149 g/mol. The van der Waals surface area contributed by atoms with Crippen LogP contribution < -0.4 is 5.32 Å². The van der Waals surface area contributed by atoms with Gasteiger partial charge in [-0.3, -0.25) is 4.79 Å². The molecule has 4 nitrogen and oxygen atoms in total. The summed E-state index contributed by atoms with van der Waals surface area (Å²) in [5.74, 6) is -0.496. The maximum absolute atomic E-state index is 10.2. The number of amides is 1. The van der Waals surface area contributed by atoms with E-state index in [4.69, 9.17) is 7.85 Å². The molecule has 0 bridgehead atoms. The molecule has 56 valence electrons. The topological polar surface area (TPSA) is 57.8 Å². The van der Waals surface area contributed by atoms with E-state index in [1.807, 2.05) is 0 Å². The second-order valence-electron chi connectivity index (χ2n) is 2.12. The maximum Gasteiger partial charge on any atom is 0.200 e. The summed E-state index contributed by atoms with van der Waals surface area (Å²) < 4.78 is 0. The van der Waals surface area contributed by atoms with Crippen LogP contribution in [0.3, 0.4) is 0 Å². The zero-order chi connectivity index (χ0) is 8.10. The fourth-order valence-corrected chi connectivity index (χ4v) is 0.742. The van der Waals surface area contributed by atoms with E-state index in [0.29, 0.717) is 6.54 Å². The molecular formula is C6H8BN3O. The second kappa shape index (κ2) is 3.80. The number of H-pyrrole nitrogens is 1. The molecule has 5 heteroatoms. The van der Waals surface area contributed by atoms with Crippen LogP contribution in [0.4, 0.5) is 4.79 Å². The van der Waals surface area contributed by atoms with Gasteiger partial charge in [0.1, 0.15) is 0 Å². The highest BCUT2D eigenvalue weighted by Crippen LogP contribution is 1.89. The molecule has 0 unspecified atom stereocenters. The smallest absolute Gasteiger partial charge is 0.200 e. The van der Waals surface area contributed by atoms with Crippen molar-refractivity contribution in [2.75, 3.05) is 6.54 Å². The highest BCUT2D eigenvalue weighted by molar-refractivity contribution is 6.57. The van der Waals surface area contributed by atoms with Gasteiger partial charge in [0, 0.05) is 24.9 Å². The first-order chi connectivity index (χ1) is 5.29. The van der Waals surface area contributed by atoms with Gasteiger partial charge in [0.15, 0.2) is 13.7 Å². The molecule has 0 fully saturated rings. The van der Waals surface area contributed by atoms with Gasteiger partial charge < -0.3 is 10.3 Å². The second-order valence-corrected chi connectivity index (χ2v) is 2.12. The Bertz CT molecular complexity index is 222. The molecule has 0 aliphatic rings. The van der Waals surface area contributed by atoms with Crippen LogP contribution in [0.15, 0.2) is 12.5 Å². The van der Waals surface area contributed by atoms with Crippen LogP contribution in [0, 0.1) is 0 Å². The average Bonchev–Trinajstić information content (AvgIpc) is 2.39. The lowest BCUT2D eigenvalue weighted by molar-refractivity contribution is 0.259.